The van der Waals surface area contributed by atoms with Crippen LogP contribution in [0.25, 0.3) is 22.9 Å². The number of furan rings is 2. The Morgan fingerprint density at radius 1 is 0.630 bits per heavy atom. The summed E-state index contributed by atoms with van der Waals surface area (Å²) < 4.78 is 24.5. The topological polar surface area (TPSA) is 112 Å². The summed E-state index contributed by atoms with van der Waals surface area (Å²) in [6, 6.07) is 28.3. The van der Waals surface area contributed by atoms with E-state index in [-0.39, 0.29) is 40.9 Å². The monoisotopic (exact) mass is 762 g/mol. The Bertz CT molecular complexity index is 1990. The minimum atomic E-state index is -0.355. The molecule has 0 amide bonds. The number of hydrogen-bond donors (Lipinski definition) is 2. The van der Waals surface area contributed by atoms with E-state index in [1.807, 2.05) is 60.7 Å². The van der Waals surface area contributed by atoms with Crippen LogP contribution in [0.3, 0.4) is 0 Å². The fraction of sp³-hybridized carbons (Fsp3) is 0.372. The van der Waals surface area contributed by atoms with Gasteiger partial charge in [0, 0.05) is 25.0 Å². The van der Waals surface area contributed by atoms with Crippen molar-refractivity contribution in [2.75, 3.05) is 23.8 Å². The highest BCUT2D eigenvalue weighted by molar-refractivity contribution is 7.16. The van der Waals surface area contributed by atoms with Gasteiger partial charge in [-0.05, 0) is 88.8 Å². The lowest BCUT2D eigenvalue weighted by molar-refractivity contribution is -0.137. The Morgan fingerprint density at radius 2 is 1.06 bits per heavy atom. The fourth-order valence-electron chi connectivity index (χ4n) is 7.58. The average molecular weight is 763 g/mol. The first kappa shape index (κ1) is 36.4. The molecule has 54 heavy (non-hydrogen) atoms. The van der Waals surface area contributed by atoms with Crippen LogP contribution >= 0.6 is 22.7 Å². The van der Waals surface area contributed by atoms with Crippen LogP contribution < -0.4 is 10.6 Å². The zero-order chi connectivity index (χ0) is 37.3. The van der Waals surface area contributed by atoms with E-state index < -0.39 is 0 Å². The van der Waals surface area contributed by atoms with Crippen molar-refractivity contribution in [3.05, 3.63) is 118 Å². The van der Waals surface area contributed by atoms with E-state index in [4.69, 9.17) is 28.3 Å². The lowest BCUT2D eigenvalue weighted by Gasteiger charge is -2.34. The number of ketones is 1. The Kier molecular flexibility index (Phi) is 10.3. The first-order valence-electron chi connectivity index (χ1n) is 18.7. The summed E-state index contributed by atoms with van der Waals surface area (Å²) in [5, 5.41) is 8.88. The molecular weight excluding hydrogens is 717 g/mol. The van der Waals surface area contributed by atoms with E-state index in [1.165, 1.54) is 0 Å². The third-order valence-electron chi connectivity index (χ3n) is 10.6. The van der Waals surface area contributed by atoms with Crippen molar-refractivity contribution in [1.29, 1.82) is 0 Å². The molecule has 4 unspecified atom stereocenters. The number of nitrogens with zero attached hydrogens (tertiary/aromatic N) is 2. The Morgan fingerprint density at radius 3 is 1.44 bits per heavy atom. The lowest BCUT2D eigenvalue weighted by atomic mass is 9.80. The maximum Gasteiger partial charge on any atom is 0.184 e. The van der Waals surface area contributed by atoms with E-state index in [2.05, 4.69) is 62.6 Å². The fourth-order valence-corrected chi connectivity index (χ4v) is 9.96. The maximum absolute atomic E-state index is 14.4. The van der Waals surface area contributed by atoms with Crippen LogP contribution in [-0.2, 0) is 25.3 Å². The first-order chi connectivity index (χ1) is 26.1. The van der Waals surface area contributed by atoms with Crippen LogP contribution in [0.5, 0.6) is 0 Å². The first-order valence-corrected chi connectivity index (χ1v) is 20.3. The van der Waals surface area contributed by atoms with E-state index in [0.717, 1.165) is 42.5 Å². The van der Waals surface area contributed by atoms with Gasteiger partial charge in [-0.3, -0.25) is 4.79 Å². The molecule has 2 aliphatic rings. The van der Waals surface area contributed by atoms with Gasteiger partial charge in [0.05, 0.1) is 45.6 Å². The second kappa shape index (κ2) is 15.3. The quantitative estimate of drug-likeness (QED) is 0.126. The van der Waals surface area contributed by atoms with Crippen LogP contribution in [0.15, 0.2) is 106 Å². The molecule has 8 rings (SSSR count). The van der Waals surface area contributed by atoms with Crippen LogP contribution in [0.2, 0.25) is 0 Å². The Balaban J connectivity index is 1.01. The standard InChI is InChI=1S/C43H46N4O5S2/c1-42(2,29-13-7-5-8-14-29)46-40-44-35(31-17-11-21-49-31)38(53-40)33-25-27(19-23-51-33)37(48)28-20-24-52-34(26-28)39-36(32-18-12-22-50-32)45-41(54-39)47-43(3,4)30-15-9-6-10-16-30/h5-18,21-22,27-28,33-34H,19-20,23-26H2,1-4H3,(H,44,46)(H,45,47). The largest absolute Gasteiger partial charge is 0.463 e. The van der Waals surface area contributed by atoms with Crippen molar-refractivity contribution < 1.29 is 23.1 Å². The number of nitrogens with one attached hydrogen (secondary N) is 2. The SMILES string of the molecule is CC(C)(Nc1nc(-c2ccco2)c(C2CC(C(=O)C3CCOC(c4sc(NC(C)(C)c5ccccc5)nc4-c4ccco4)C3)CCO2)s1)c1ccccc1. The van der Waals surface area contributed by atoms with Crippen molar-refractivity contribution in [1.82, 2.24) is 9.97 Å². The number of carbonyl (C=O) groups is 1. The molecule has 2 aromatic carbocycles. The minimum Gasteiger partial charge on any atom is -0.463 e. The van der Waals surface area contributed by atoms with Crippen molar-refractivity contribution in [3.63, 3.8) is 0 Å². The molecule has 2 fully saturated rings. The summed E-state index contributed by atoms with van der Waals surface area (Å²) in [5.41, 5.74) is 3.13. The molecule has 6 aromatic rings. The third kappa shape index (κ3) is 7.68. The van der Waals surface area contributed by atoms with Gasteiger partial charge >= 0.3 is 0 Å². The molecule has 4 aromatic heterocycles. The number of Topliss-reactive ketones (excluding diaryl/α,β-unsaturated/α-hetero) is 1. The molecule has 4 atom stereocenters. The molecule has 0 saturated carbocycles. The third-order valence-corrected chi connectivity index (χ3v) is 12.7. The molecule has 6 heterocycles. The molecular formula is C43H46N4O5S2. The summed E-state index contributed by atoms with van der Waals surface area (Å²) in [7, 11) is 0. The number of thiazole rings is 2. The summed E-state index contributed by atoms with van der Waals surface area (Å²) in [5.74, 6) is 1.40. The number of rotatable bonds is 12. The second-order valence-electron chi connectivity index (χ2n) is 15.2. The Labute approximate surface area is 324 Å². The van der Waals surface area contributed by atoms with Crippen molar-refractivity contribution in [2.45, 2.75) is 76.7 Å². The predicted molar refractivity (Wildman–Crippen MR) is 214 cm³/mol. The number of carbonyl (C=O) groups excluding carboxylic acids is 1. The van der Waals surface area contributed by atoms with Crippen LogP contribution in [0, 0.1) is 11.8 Å². The molecule has 11 heteroatoms. The molecule has 280 valence electrons. The summed E-state index contributed by atoms with van der Waals surface area (Å²) in [6.07, 6.45) is 5.36. The smallest absolute Gasteiger partial charge is 0.184 e. The van der Waals surface area contributed by atoms with Gasteiger partial charge in [-0.25, -0.2) is 9.97 Å². The van der Waals surface area contributed by atoms with E-state index in [1.54, 1.807) is 35.2 Å². The molecule has 0 aliphatic carbocycles. The second-order valence-corrected chi connectivity index (χ2v) is 17.3. The van der Waals surface area contributed by atoms with E-state index in [0.29, 0.717) is 50.4 Å². The van der Waals surface area contributed by atoms with Crippen LogP contribution in [-0.4, -0.2) is 29.0 Å². The zero-order valence-electron chi connectivity index (χ0n) is 31.0. The number of aromatic nitrogens is 2. The minimum absolute atomic E-state index is 0.133. The van der Waals surface area contributed by atoms with E-state index in [9.17, 15) is 4.79 Å². The summed E-state index contributed by atoms with van der Waals surface area (Å²) in [4.78, 5) is 26.4. The van der Waals surface area contributed by atoms with Gasteiger partial charge in [-0.1, -0.05) is 83.3 Å². The molecule has 2 saturated heterocycles. The van der Waals surface area contributed by atoms with Crippen LogP contribution in [0.4, 0.5) is 10.3 Å². The van der Waals surface area contributed by atoms with Gasteiger partial charge in [0.15, 0.2) is 21.8 Å². The zero-order valence-corrected chi connectivity index (χ0v) is 32.7. The molecule has 2 N–H and O–H groups in total. The number of ether oxygens (including phenoxy) is 2. The van der Waals surface area contributed by atoms with Gasteiger partial charge in [0.25, 0.3) is 0 Å². The normalized spacial score (nSPS) is 20.8. The van der Waals surface area contributed by atoms with Gasteiger partial charge in [0.2, 0.25) is 0 Å². The van der Waals surface area contributed by atoms with Crippen molar-refractivity contribution in [2.24, 2.45) is 11.8 Å². The van der Waals surface area contributed by atoms with Crippen molar-refractivity contribution in [3.8, 4) is 22.9 Å². The number of benzene rings is 2. The van der Waals surface area contributed by atoms with Crippen LogP contribution in [0.1, 0.15) is 86.5 Å². The highest BCUT2D eigenvalue weighted by atomic mass is 32.1. The number of anilines is 2. The average Bonchev–Trinajstić information content (AvgIpc) is 4.03. The lowest BCUT2D eigenvalue weighted by Crippen LogP contribution is -2.34. The van der Waals surface area contributed by atoms with Gasteiger partial charge in [-0.15, -0.1) is 0 Å². The van der Waals surface area contributed by atoms with Gasteiger partial charge in [0.1, 0.15) is 17.2 Å². The van der Waals surface area contributed by atoms with Crippen molar-refractivity contribution >= 4 is 38.7 Å². The Hall–Kier alpha value is -4.55. The highest BCUT2D eigenvalue weighted by Crippen LogP contribution is 2.47. The molecule has 2 aliphatic heterocycles. The van der Waals surface area contributed by atoms with Gasteiger partial charge in [-0.2, -0.15) is 0 Å². The summed E-state index contributed by atoms with van der Waals surface area (Å²) in [6.45, 7) is 9.60. The molecule has 0 radical (unpaired) electrons. The molecule has 0 bridgehead atoms. The number of hydrogen-bond acceptors (Lipinski definition) is 11. The molecule has 9 nitrogen and oxygen atoms in total. The molecule has 0 spiro atoms. The van der Waals surface area contributed by atoms with Gasteiger partial charge < -0.3 is 28.9 Å². The maximum atomic E-state index is 14.4. The highest BCUT2D eigenvalue weighted by Gasteiger charge is 2.39. The predicted octanol–water partition coefficient (Wildman–Crippen LogP) is 11.0. The van der Waals surface area contributed by atoms with E-state index >= 15 is 0 Å². The summed E-state index contributed by atoms with van der Waals surface area (Å²) >= 11 is 3.16.